The quantitative estimate of drug-likeness (QED) is 0.640. The number of likely N-dealkylation sites (N-methyl/N-ethyl adjacent to an activating group) is 1. The zero-order chi connectivity index (χ0) is 18.1. The molecule has 24 heavy (non-hydrogen) atoms. The van der Waals surface area contributed by atoms with Crippen molar-refractivity contribution in [2.45, 2.75) is 0 Å². The third kappa shape index (κ3) is 6.42. The van der Waals surface area contributed by atoms with Crippen LogP contribution in [0, 0.1) is 5.82 Å². The molecule has 0 saturated heterocycles. The molecule has 0 spiro atoms. The first kappa shape index (κ1) is 19.1. The monoisotopic (exact) mass is 339 g/mol. The van der Waals surface area contributed by atoms with Crippen LogP contribution in [0.4, 0.5) is 4.39 Å². The van der Waals surface area contributed by atoms with Gasteiger partial charge in [0.1, 0.15) is 12.4 Å². The topological polar surface area (TPSA) is 105 Å². The second-order valence-corrected chi connectivity index (χ2v) is 4.89. The van der Waals surface area contributed by atoms with Crippen molar-refractivity contribution in [3.05, 3.63) is 35.6 Å². The zero-order valence-corrected chi connectivity index (χ0v) is 13.3. The molecule has 1 aromatic carbocycles. The van der Waals surface area contributed by atoms with Gasteiger partial charge >= 0.3 is 5.97 Å². The molecule has 0 radical (unpaired) electrons. The normalized spacial score (nSPS) is 9.79. The van der Waals surface area contributed by atoms with E-state index in [1.54, 1.807) is 0 Å². The number of ether oxygens (including phenoxy) is 1. The molecule has 1 aromatic rings. The Balaban J connectivity index is 2.29. The lowest BCUT2D eigenvalue weighted by Crippen LogP contribution is -2.39. The third-order valence-electron chi connectivity index (χ3n) is 2.81. The van der Waals surface area contributed by atoms with E-state index in [-0.39, 0.29) is 18.0 Å². The summed E-state index contributed by atoms with van der Waals surface area (Å²) in [6, 6.07) is 5.30. The van der Waals surface area contributed by atoms with Gasteiger partial charge in [-0.2, -0.15) is 0 Å². The van der Waals surface area contributed by atoms with Crippen molar-refractivity contribution in [2.24, 2.45) is 0 Å². The Morgan fingerprint density at radius 2 is 1.75 bits per heavy atom. The van der Waals surface area contributed by atoms with Crippen LogP contribution in [0.15, 0.2) is 24.3 Å². The number of hydrogen-bond acceptors (Lipinski definition) is 5. The maximum Gasteiger partial charge on any atom is 0.325 e. The van der Waals surface area contributed by atoms with Gasteiger partial charge in [-0.3, -0.25) is 19.2 Å². The molecule has 2 N–H and O–H groups in total. The molecule has 0 heterocycles. The molecule has 130 valence electrons. The number of halogens is 1. The van der Waals surface area contributed by atoms with E-state index in [1.807, 2.05) is 0 Å². The molecule has 0 unspecified atom stereocenters. The molecule has 0 saturated carbocycles. The van der Waals surface area contributed by atoms with Crippen LogP contribution in [0.1, 0.15) is 10.4 Å². The van der Waals surface area contributed by atoms with Crippen LogP contribution in [0.5, 0.6) is 0 Å². The van der Waals surface area contributed by atoms with Crippen LogP contribution in [-0.4, -0.2) is 62.4 Å². The predicted molar refractivity (Wildman–Crippen MR) is 81.4 cm³/mol. The van der Waals surface area contributed by atoms with E-state index in [0.29, 0.717) is 0 Å². The molecule has 0 aliphatic carbocycles. The molecular weight excluding hydrogens is 321 g/mol. The largest absolute Gasteiger partial charge is 0.454 e. The van der Waals surface area contributed by atoms with Gasteiger partial charge in [0.2, 0.25) is 5.91 Å². The molecule has 3 amide bonds. The van der Waals surface area contributed by atoms with Crippen molar-refractivity contribution in [1.82, 2.24) is 15.5 Å². The van der Waals surface area contributed by atoms with Gasteiger partial charge in [0.05, 0.1) is 12.1 Å². The summed E-state index contributed by atoms with van der Waals surface area (Å²) in [4.78, 5) is 47.0. The summed E-state index contributed by atoms with van der Waals surface area (Å²) in [5, 5.41) is 4.46. The fraction of sp³-hybridized carbons (Fsp3) is 0.333. The average Bonchev–Trinajstić information content (AvgIpc) is 2.55. The van der Waals surface area contributed by atoms with Gasteiger partial charge < -0.3 is 20.3 Å². The second kappa shape index (κ2) is 9.23. The summed E-state index contributed by atoms with van der Waals surface area (Å²) < 4.78 is 18.0. The molecule has 1 rings (SSSR count). The fourth-order valence-corrected chi connectivity index (χ4v) is 1.47. The second-order valence-electron chi connectivity index (χ2n) is 4.89. The van der Waals surface area contributed by atoms with E-state index < -0.39 is 36.8 Å². The Morgan fingerprint density at radius 3 is 2.38 bits per heavy atom. The van der Waals surface area contributed by atoms with E-state index in [9.17, 15) is 23.6 Å². The first-order valence-corrected chi connectivity index (χ1v) is 6.96. The fourth-order valence-electron chi connectivity index (χ4n) is 1.47. The Kier molecular flexibility index (Phi) is 7.34. The highest BCUT2D eigenvalue weighted by Crippen LogP contribution is 2.05. The number of amides is 3. The van der Waals surface area contributed by atoms with Crippen molar-refractivity contribution in [3.8, 4) is 0 Å². The van der Waals surface area contributed by atoms with Gasteiger partial charge in [0.25, 0.3) is 11.8 Å². The highest BCUT2D eigenvalue weighted by Gasteiger charge is 2.14. The van der Waals surface area contributed by atoms with E-state index in [4.69, 9.17) is 0 Å². The van der Waals surface area contributed by atoms with Gasteiger partial charge in [0, 0.05) is 14.1 Å². The van der Waals surface area contributed by atoms with E-state index in [2.05, 4.69) is 15.4 Å². The molecule has 9 heteroatoms. The lowest BCUT2D eigenvalue weighted by molar-refractivity contribution is -0.147. The van der Waals surface area contributed by atoms with Crippen LogP contribution in [0.3, 0.4) is 0 Å². The molecular formula is C15H18FN3O5. The minimum atomic E-state index is -0.867. The highest BCUT2D eigenvalue weighted by molar-refractivity contribution is 5.96. The Bertz CT molecular complexity index is 633. The minimum Gasteiger partial charge on any atom is -0.454 e. The Morgan fingerprint density at radius 1 is 1.08 bits per heavy atom. The van der Waals surface area contributed by atoms with Crippen LogP contribution in [0.25, 0.3) is 0 Å². The van der Waals surface area contributed by atoms with Crippen molar-refractivity contribution in [3.63, 3.8) is 0 Å². The predicted octanol–water partition coefficient (Wildman–Crippen LogP) is -0.697. The van der Waals surface area contributed by atoms with E-state index in [0.717, 1.165) is 6.07 Å². The number of esters is 1. The first-order chi connectivity index (χ1) is 11.3. The first-order valence-electron chi connectivity index (χ1n) is 6.96. The highest BCUT2D eigenvalue weighted by atomic mass is 19.1. The number of benzene rings is 1. The van der Waals surface area contributed by atoms with Gasteiger partial charge in [-0.1, -0.05) is 12.1 Å². The van der Waals surface area contributed by atoms with Crippen molar-refractivity contribution < 1.29 is 28.3 Å². The van der Waals surface area contributed by atoms with Gasteiger partial charge in [-0.25, -0.2) is 4.39 Å². The SMILES string of the molecule is CN(C)C(=O)CNC(=O)COC(=O)CNC(=O)c1ccccc1F. The minimum absolute atomic E-state index is 0.203. The summed E-state index contributed by atoms with van der Waals surface area (Å²) in [6.07, 6.45) is 0. The molecule has 0 aromatic heterocycles. The van der Waals surface area contributed by atoms with E-state index >= 15 is 0 Å². The maximum atomic E-state index is 13.4. The molecule has 0 bridgehead atoms. The Labute approximate surface area is 138 Å². The van der Waals surface area contributed by atoms with Crippen LogP contribution in [-0.2, 0) is 19.1 Å². The number of nitrogens with zero attached hydrogens (tertiary/aromatic N) is 1. The van der Waals surface area contributed by atoms with Crippen molar-refractivity contribution >= 4 is 23.7 Å². The Hall–Kier alpha value is -2.97. The van der Waals surface area contributed by atoms with Crippen molar-refractivity contribution in [1.29, 1.82) is 0 Å². The number of carbonyl (C=O) groups excluding carboxylic acids is 4. The number of hydrogen-bond donors (Lipinski definition) is 2. The summed E-state index contributed by atoms with van der Waals surface area (Å²) in [5.41, 5.74) is -0.203. The van der Waals surface area contributed by atoms with Gasteiger partial charge in [-0.05, 0) is 12.1 Å². The average molecular weight is 339 g/mol. The summed E-state index contributed by atoms with van der Waals surface area (Å²) >= 11 is 0. The number of rotatable bonds is 7. The summed E-state index contributed by atoms with van der Waals surface area (Å²) in [6.45, 7) is -1.32. The van der Waals surface area contributed by atoms with Gasteiger partial charge in [-0.15, -0.1) is 0 Å². The van der Waals surface area contributed by atoms with E-state index in [1.165, 1.54) is 37.2 Å². The standard InChI is InChI=1S/C15H18FN3O5/c1-19(2)13(21)7-17-12(20)9-24-14(22)8-18-15(23)10-5-3-4-6-11(10)16/h3-6H,7-9H2,1-2H3,(H,17,20)(H,18,23). The maximum absolute atomic E-state index is 13.4. The van der Waals surface area contributed by atoms with Crippen molar-refractivity contribution in [2.75, 3.05) is 33.8 Å². The van der Waals surface area contributed by atoms with Crippen LogP contribution < -0.4 is 10.6 Å². The summed E-state index contributed by atoms with van der Waals surface area (Å²) in [7, 11) is 3.07. The molecule has 8 nitrogen and oxygen atoms in total. The van der Waals surface area contributed by atoms with Gasteiger partial charge in [0.15, 0.2) is 6.61 Å². The lowest BCUT2D eigenvalue weighted by atomic mass is 10.2. The number of carbonyl (C=O) groups is 4. The molecule has 0 aliphatic heterocycles. The smallest absolute Gasteiger partial charge is 0.325 e. The van der Waals surface area contributed by atoms with Crippen LogP contribution in [0.2, 0.25) is 0 Å². The lowest BCUT2D eigenvalue weighted by Gasteiger charge is -2.11. The number of nitrogens with one attached hydrogen (secondary N) is 2. The molecule has 0 fully saturated rings. The molecule has 0 atom stereocenters. The van der Waals surface area contributed by atoms with Crippen LogP contribution >= 0.6 is 0 Å². The third-order valence-corrected chi connectivity index (χ3v) is 2.81. The summed E-state index contributed by atoms with van der Waals surface area (Å²) in [5.74, 6) is -3.32. The molecule has 0 aliphatic rings. The zero-order valence-electron chi connectivity index (χ0n) is 13.3.